The Labute approximate surface area is 218 Å². The van der Waals surface area contributed by atoms with E-state index in [-0.39, 0.29) is 0 Å². The molecule has 1 aromatic heterocycles. The van der Waals surface area contributed by atoms with Gasteiger partial charge in [-0.2, -0.15) is 4.57 Å². The van der Waals surface area contributed by atoms with E-state index in [1.807, 2.05) is 36.4 Å². The van der Waals surface area contributed by atoms with Gasteiger partial charge >= 0.3 is 5.89 Å². The van der Waals surface area contributed by atoms with Crippen LogP contribution in [0.15, 0.2) is 120 Å². The van der Waals surface area contributed by atoms with Crippen molar-refractivity contribution in [1.82, 2.24) is 0 Å². The van der Waals surface area contributed by atoms with Gasteiger partial charge in [-0.3, -0.25) is 0 Å². The second-order valence-corrected chi connectivity index (χ2v) is 8.81. The number of fused-ring (bicyclic) bond motifs is 2. The van der Waals surface area contributed by atoms with E-state index >= 15 is 0 Å². The summed E-state index contributed by atoms with van der Waals surface area (Å²) in [6.07, 6.45) is 10.5. The van der Waals surface area contributed by atoms with Gasteiger partial charge in [-0.05, 0) is 59.4 Å². The average Bonchev–Trinajstić information content (AvgIpc) is 3.50. The van der Waals surface area contributed by atoms with Crippen LogP contribution in [0.3, 0.4) is 0 Å². The molecular formula is C33H31N2O2+. The molecule has 0 atom stereocenters. The van der Waals surface area contributed by atoms with Crippen molar-refractivity contribution in [2.24, 2.45) is 0 Å². The summed E-state index contributed by atoms with van der Waals surface area (Å²) in [5.41, 5.74) is 8.41. The number of nitrogens with one attached hydrogen (secondary N) is 1. The quantitative estimate of drug-likeness (QED) is 0.201. The molecule has 4 aromatic rings. The highest BCUT2D eigenvalue weighted by Crippen LogP contribution is 2.36. The molecule has 0 radical (unpaired) electrons. The van der Waals surface area contributed by atoms with Gasteiger partial charge in [0.15, 0.2) is 11.6 Å². The molecule has 0 aliphatic carbocycles. The monoisotopic (exact) mass is 487 g/mol. The number of benzene rings is 3. The number of aryl methyl sites for hydroxylation is 1. The van der Waals surface area contributed by atoms with Gasteiger partial charge in [0.25, 0.3) is 5.52 Å². The Kier molecular flexibility index (Phi) is 6.91. The number of aromatic nitrogens is 1. The first-order valence-corrected chi connectivity index (χ1v) is 12.6. The molecule has 0 bridgehead atoms. The number of nitrogens with zero attached hydrogens (tertiary/aromatic N) is 1. The zero-order valence-electron chi connectivity index (χ0n) is 21.3. The lowest BCUT2D eigenvalue weighted by Crippen LogP contribution is -2.33. The van der Waals surface area contributed by atoms with Gasteiger partial charge in [0, 0.05) is 12.1 Å². The van der Waals surface area contributed by atoms with Crippen molar-refractivity contribution in [3.8, 4) is 16.9 Å². The predicted molar refractivity (Wildman–Crippen MR) is 153 cm³/mol. The van der Waals surface area contributed by atoms with Crippen molar-refractivity contribution in [3.05, 3.63) is 127 Å². The lowest BCUT2D eigenvalue weighted by atomic mass is 10.0. The Hall–Kier alpha value is -4.57. The van der Waals surface area contributed by atoms with Crippen LogP contribution in [0.25, 0.3) is 33.9 Å². The molecule has 0 saturated heterocycles. The first kappa shape index (κ1) is 24.1. The summed E-state index contributed by atoms with van der Waals surface area (Å²) in [7, 11) is 0. The van der Waals surface area contributed by atoms with Gasteiger partial charge in [0.05, 0.1) is 11.8 Å². The van der Waals surface area contributed by atoms with E-state index in [0.29, 0.717) is 5.88 Å². The molecular weight excluding hydrogens is 456 g/mol. The summed E-state index contributed by atoms with van der Waals surface area (Å²) in [4.78, 5) is 0. The maximum Gasteiger partial charge on any atom is 0.374 e. The third-order valence-electron chi connectivity index (χ3n) is 6.50. The molecule has 1 N–H and O–H groups in total. The largest absolute Gasteiger partial charge is 0.439 e. The predicted octanol–water partition coefficient (Wildman–Crippen LogP) is 8.30. The number of rotatable bonds is 8. The number of allylic oxidation sites excluding steroid dienone is 6. The lowest BCUT2D eigenvalue weighted by Gasteiger charge is -2.03. The van der Waals surface area contributed by atoms with Gasteiger partial charge in [-0.15, -0.1) is 0 Å². The normalized spacial score (nSPS) is 14.4. The van der Waals surface area contributed by atoms with E-state index in [1.165, 1.54) is 11.1 Å². The van der Waals surface area contributed by atoms with Crippen molar-refractivity contribution in [3.63, 3.8) is 0 Å². The molecule has 1 aliphatic rings. The third kappa shape index (κ3) is 4.91. The van der Waals surface area contributed by atoms with Crippen LogP contribution in [-0.2, 0) is 6.54 Å². The Morgan fingerprint density at radius 3 is 2.54 bits per heavy atom. The number of hydrogen-bond donors (Lipinski definition) is 1. The van der Waals surface area contributed by atoms with Crippen LogP contribution >= 0.6 is 0 Å². The van der Waals surface area contributed by atoms with Crippen LogP contribution in [0, 0.1) is 0 Å². The molecule has 0 saturated carbocycles. The highest BCUT2D eigenvalue weighted by molar-refractivity contribution is 5.80. The molecule has 4 heteroatoms. The summed E-state index contributed by atoms with van der Waals surface area (Å²) >= 11 is 0. The standard InChI is InChI=1S/C33H30N2O2/c1-5-12-24(7-3)26-15-17-30-28(21-26)34-32(36-30)19-23(6-2)20-33-35(8-4)29-22-27(16-18-31(29)37-33)25-13-10-9-11-14-25/h5,7,9-22H,1,3,6,8H2,2,4H3/p+1/b24-12+. The van der Waals surface area contributed by atoms with Gasteiger partial charge in [0.2, 0.25) is 5.58 Å². The zero-order chi connectivity index (χ0) is 25.8. The molecule has 184 valence electrons. The van der Waals surface area contributed by atoms with Crippen molar-refractivity contribution >= 4 is 28.4 Å². The highest BCUT2D eigenvalue weighted by atomic mass is 16.5. The van der Waals surface area contributed by atoms with Crippen LogP contribution in [-0.4, -0.2) is 0 Å². The van der Waals surface area contributed by atoms with Gasteiger partial charge in [-0.1, -0.05) is 80.8 Å². The molecule has 3 aromatic carbocycles. The van der Waals surface area contributed by atoms with Crippen LogP contribution in [0.2, 0.25) is 0 Å². The van der Waals surface area contributed by atoms with E-state index in [2.05, 4.69) is 91.5 Å². The van der Waals surface area contributed by atoms with Crippen LogP contribution < -0.4 is 14.6 Å². The average molecular weight is 488 g/mol. The molecule has 2 heterocycles. The minimum Gasteiger partial charge on any atom is -0.439 e. The van der Waals surface area contributed by atoms with Gasteiger partial charge < -0.3 is 14.5 Å². The van der Waals surface area contributed by atoms with Crippen molar-refractivity contribution in [2.75, 3.05) is 5.32 Å². The summed E-state index contributed by atoms with van der Waals surface area (Å²) in [5.74, 6) is 2.31. The summed E-state index contributed by atoms with van der Waals surface area (Å²) in [6.45, 7) is 12.8. The SMILES string of the molecule is C=C/C=C(\C=C)c1ccc2c(c1)N/C(=C/C(=C/c1oc3ccc(-c4ccccc4)cc3[n+]1CC)CC)O2. The number of hydrogen-bond acceptors (Lipinski definition) is 3. The fourth-order valence-corrected chi connectivity index (χ4v) is 4.57. The minimum absolute atomic E-state index is 0.693. The topological polar surface area (TPSA) is 38.3 Å². The van der Waals surface area contributed by atoms with Crippen molar-refractivity contribution in [2.45, 2.75) is 26.8 Å². The van der Waals surface area contributed by atoms with Crippen LogP contribution in [0.1, 0.15) is 31.7 Å². The smallest absolute Gasteiger partial charge is 0.374 e. The second kappa shape index (κ2) is 10.6. The molecule has 0 spiro atoms. The molecule has 0 fully saturated rings. The summed E-state index contributed by atoms with van der Waals surface area (Å²) in [5, 5.41) is 3.40. The van der Waals surface area contributed by atoms with Crippen LogP contribution in [0.4, 0.5) is 5.69 Å². The van der Waals surface area contributed by atoms with Crippen molar-refractivity contribution in [1.29, 1.82) is 0 Å². The molecule has 1 aliphatic heterocycles. The van der Waals surface area contributed by atoms with Gasteiger partial charge in [0.1, 0.15) is 6.54 Å². The third-order valence-corrected chi connectivity index (χ3v) is 6.50. The Balaban J connectivity index is 1.45. The van der Waals surface area contributed by atoms with Gasteiger partial charge in [-0.25, -0.2) is 0 Å². The molecule has 37 heavy (non-hydrogen) atoms. The van der Waals surface area contributed by atoms with E-state index in [0.717, 1.165) is 58.1 Å². The minimum atomic E-state index is 0.693. The molecule has 5 rings (SSSR count). The first-order valence-electron chi connectivity index (χ1n) is 12.6. The number of anilines is 1. The molecule has 4 nitrogen and oxygen atoms in total. The Morgan fingerprint density at radius 2 is 1.81 bits per heavy atom. The lowest BCUT2D eigenvalue weighted by molar-refractivity contribution is -0.674. The maximum absolute atomic E-state index is 6.29. The van der Waals surface area contributed by atoms with E-state index in [1.54, 1.807) is 6.08 Å². The Morgan fingerprint density at radius 1 is 0.973 bits per heavy atom. The van der Waals surface area contributed by atoms with E-state index in [9.17, 15) is 0 Å². The van der Waals surface area contributed by atoms with Crippen molar-refractivity contribution < 1.29 is 13.7 Å². The summed E-state index contributed by atoms with van der Waals surface area (Å²) in [6, 6.07) is 22.9. The fourth-order valence-electron chi connectivity index (χ4n) is 4.57. The molecule has 0 unspecified atom stereocenters. The molecule has 0 amide bonds. The number of oxazole rings is 1. The zero-order valence-corrected chi connectivity index (χ0v) is 21.3. The summed E-state index contributed by atoms with van der Waals surface area (Å²) < 4.78 is 14.6. The second-order valence-electron chi connectivity index (χ2n) is 8.81. The Bertz CT molecular complexity index is 1570. The fraction of sp³-hybridized carbons (Fsp3) is 0.121. The van der Waals surface area contributed by atoms with Crippen LogP contribution in [0.5, 0.6) is 5.75 Å². The highest BCUT2D eigenvalue weighted by Gasteiger charge is 2.22. The van der Waals surface area contributed by atoms with E-state index in [4.69, 9.17) is 9.15 Å². The maximum atomic E-state index is 6.29. The number of ether oxygens (including phenoxy) is 1. The first-order chi connectivity index (χ1) is 18.1. The van der Waals surface area contributed by atoms with E-state index < -0.39 is 0 Å².